The average molecular weight is 407 g/mol. The Kier molecular flexibility index (Phi) is 5.98. The first-order valence-corrected chi connectivity index (χ1v) is 10.8. The van der Waals surface area contributed by atoms with Gasteiger partial charge < -0.3 is 19.4 Å². The predicted molar refractivity (Wildman–Crippen MR) is 119 cm³/mol. The van der Waals surface area contributed by atoms with Crippen molar-refractivity contribution in [2.75, 3.05) is 13.3 Å². The molecule has 1 unspecified atom stereocenters. The summed E-state index contributed by atoms with van der Waals surface area (Å²) < 4.78 is 13.3. The summed E-state index contributed by atoms with van der Waals surface area (Å²) in [5.41, 5.74) is 3.43. The highest BCUT2D eigenvalue weighted by atomic mass is 16.7. The number of ether oxygens (including phenoxy) is 2. The van der Waals surface area contributed by atoms with Crippen LogP contribution in [0.1, 0.15) is 50.7 Å². The van der Waals surface area contributed by atoms with Crippen molar-refractivity contribution in [3.63, 3.8) is 0 Å². The van der Waals surface area contributed by atoms with E-state index in [1.807, 2.05) is 12.1 Å². The molecule has 30 heavy (non-hydrogen) atoms. The van der Waals surface area contributed by atoms with Crippen LogP contribution in [0.2, 0.25) is 0 Å². The van der Waals surface area contributed by atoms with Crippen molar-refractivity contribution in [1.29, 1.82) is 0 Å². The number of benzene rings is 2. The molecule has 1 aliphatic heterocycles. The Labute approximate surface area is 178 Å². The van der Waals surface area contributed by atoms with Crippen molar-refractivity contribution in [2.45, 2.75) is 46.1 Å². The molecule has 1 amide bonds. The van der Waals surface area contributed by atoms with Crippen LogP contribution in [0.4, 0.5) is 0 Å². The number of aryl methyl sites for hydroxylation is 1. The van der Waals surface area contributed by atoms with E-state index in [1.54, 1.807) is 0 Å². The normalized spacial score (nSPS) is 13.7. The minimum atomic E-state index is -0.0590. The largest absolute Gasteiger partial charge is 0.454 e. The Bertz CT molecular complexity index is 1040. The van der Waals surface area contributed by atoms with Crippen LogP contribution < -0.4 is 14.8 Å². The van der Waals surface area contributed by atoms with Crippen LogP contribution in [0.5, 0.6) is 11.5 Å². The van der Waals surface area contributed by atoms with Crippen molar-refractivity contribution >= 4 is 16.8 Å². The number of aromatic nitrogens is 1. The molecule has 0 aliphatic carbocycles. The molecular weight excluding hydrogens is 376 g/mol. The number of nitrogens with one attached hydrogen (secondary N) is 1. The smallest absolute Gasteiger partial charge is 0.231 e. The van der Waals surface area contributed by atoms with E-state index < -0.39 is 0 Å². The van der Waals surface area contributed by atoms with E-state index in [1.165, 1.54) is 16.5 Å². The summed E-state index contributed by atoms with van der Waals surface area (Å²) in [5.74, 6) is 2.09. The fraction of sp³-hybridized carbons (Fsp3) is 0.400. The maximum absolute atomic E-state index is 12.9. The fourth-order valence-corrected chi connectivity index (χ4v) is 4.11. The number of fused-ring (bicyclic) bond motifs is 2. The number of nitrogens with zero attached hydrogens (tertiary/aromatic N) is 1. The van der Waals surface area contributed by atoms with Gasteiger partial charge in [0.25, 0.3) is 0 Å². The second kappa shape index (κ2) is 8.82. The summed E-state index contributed by atoms with van der Waals surface area (Å²) in [6.07, 6.45) is 3.58. The van der Waals surface area contributed by atoms with E-state index in [4.69, 9.17) is 9.47 Å². The highest BCUT2D eigenvalue weighted by Crippen LogP contribution is 2.40. The zero-order chi connectivity index (χ0) is 21.1. The van der Waals surface area contributed by atoms with Crippen LogP contribution in [0.15, 0.2) is 48.7 Å². The summed E-state index contributed by atoms with van der Waals surface area (Å²) in [4.78, 5) is 12.9. The Morgan fingerprint density at radius 2 is 1.93 bits per heavy atom. The summed E-state index contributed by atoms with van der Waals surface area (Å²) in [5, 5.41) is 4.30. The van der Waals surface area contributed by atoms with E-state index >= 15 is 0 Å². The molecule has 1 aliphatic rings. The van der Waals surface area contributed by atoms with Gasteiger partial charge in [0.15, 0.2) is 11.5 Å². The molecule has 2 heterocycles. The SMILES string of the molecule is CCn1cc(C(CC(=O)NCCC(C)C)c2ccc3c(c2)OCO3)c2ccccc21. The predicted octanol–water partition coefficient (Wildman–Crippen LogP) is 5.07. The molecule has 158 valence electrons. The second-order valence-electron chi connectivity index (χ2n) is 8.29. The lowest BCUT2D eigenvalue weighted by atomic mass is 9.87. The Morgan fingerprint density at radius 3 is 2.73 bits per heavy atom. The Morgan fingerprint density at radius 1 is 1.13 bits per heavy atom. The van der Waals surface area contributed by atoms with Gasteiger partial charge in [-0.15, -0.1) is 0 Å². The summed E-state index contributed by atoms with van der Waals surface area (Å²) in [7, 11) is 0. The molecule has 0 spiro atoms. The number of carbonyl (C=O) groups is 1. The van der Waals surface area contributed by atoms with Gasteiger partial charge in [0, 0.05) is 42.5 Å². The van der Waals surface area contributed by atoms with Crippen LogP contribution >= 0.6 is 0 Å². The van der Waals surface area contributed by atoms with Gasteiger partial charge >= 0.3 is 0 Å². The van der Waals surface area contributed by atoms with Gasteiger partial charge in [0.05, 0.1) is 0 Å². The third-order valence-corrected chi connectivity index (χ3v) is 5.77. The van der Waals surface area contributed by atoms with Crippen molar-refractivity contribution in [2.24, 2.45) is 5.92 Å². The zero-order valence-corrected chi connectivity index (χ0v) is 18.0. The molecule has 0 radical (unpaired) electrons. The number of amides is 1. The quantitative estimate of drug-likeness (QED) is 0.568. The van der Waals surface area contributed by atoms with Gasteiger partial charge in [-0.2, -0.15) is 0 Å². The standard InChI is InChI=1S/C25H30N2O3/c1-4-27-15-21(19-7-5-6-8-22(19)27)20(14-25(28)26-12-11-17(2)3)18-9-10-23-24(13-18)30-16-29-23/h5-10,13,15,17,20H,4,11-12,14,16H2,1-3H3,(H,26,28). The number of carbonyl (C=O) groups excluding carboxylic acids is 1. The number of rotatable bonds is 8. The highest BCUT2D eigenvalue weighted by Gasteiger charge is 2.25. The van der Waals surface area contributed by atoms with Gasteiger partial charge in [0.2, 0.25) is 12.7 Å². The summed E-state index contributed by atoms with van der Waals surface area (Å²) in [6.45, 7) is 8.32. The maximum Gasteiger partial charge on any atom is 0.231 e. The molecule has 4 rings (SSSR count). The van der Waals surface area contributed by atoms with Crippen LogP contribution in [0.3, 0.4) is 0 Å². The third kappa shape index (κ3) is 4.16. The Hall–Kier alpha value is -2.95. The highest BCUT2D eigenvalue weighted by molar-refractivity contribution is 5.86. The van der Waals surface area contributed by atoms with Gasteiger partial charge in [-0.3, -0.25) is 4.79 Å². The fourth-order valence-electron chi connectivity index (χ4n) is 4.11. The number of para-hydroxylation sites is 1. The van der Waals surface area contributed by atoms with Gasteiger partial charge in [-0.1, -0.05) is 38.1 Å². The molecule has 1 atom stereocenters. The average Bonchev–Trinajstić information content (AvgIpc) is 3.35. The van der Waals surface area contributed by atoms with Crippen LogP contribution in [0.25, 0.3) is 10.9 Å². The molecule has 0 bridgehead atoms. The van der Waals surface area contributed by atoms with Gasteiger partial charge in [0.1, 0.15) is 0 Å². The first kappa shape index (κ1) is 20.3. The maximum atomic E-state index is 12.9. The molecule has 5 nitrogen and oxygen atoms in total. The van der Waals surface area contributed by atoms with Crippen LogP contribution in [0, 0.1) is 5.92 Å². The van der Waals surface area contributed by atoms with E-state index in [-0.39, 0.29) is 18.6 Å². The molecule has 0 fully saturated rings. The minimum Gasteiger partial charge on any atom is -0.454 e. The van der Waals surface area contributed by atoms with Crippen molar-refractivity contribution in [3.8, 4) is 11.5 Å². The van der Waals surface area contributed by atoms with Crippen molar-refractivity contribution in [3.05, 3.63) is 59.8 Å². The lowest BCUT2D eigenvalue weighted by Gasteiger charge is -2.18. The van der Waals surface area contributed by atoms with Crippen LogP contribution in [-0.4, -0.2) is 23.8 Å². The molecule has 3 aromatic rings. The molecule has 1 N–H and O–H groups in total. The lowest BCUT2D eigenvalue weighted by Crippen LogP contribution is -2.27. The Balaban J connectivity index is 1.70. The van der Waals surface area contributed by atoms with E-state index in [9.17, 15) is 4.79 Å². The number of hydrogen-bond acceptors (Lipinski definition) is 3. The van der Waals surface area contributed by atoms with Crippen LogP contribution in [-0.2, 0) is 11.3 Å². The minimum absolute atomic E-state index is 0.0590. The van der Waals surface area contributed by atoms with E-state index in [0.717, 1.165) is 30.0 Å². The topological polar surface area (TPSA) is 52.5 Å². The molecular formula is C25H30N2O3. The van der Waals surface area contributed by atoms with E-state index in [2.05, 4.69) is 67.2 Å². The molecule has 1 aromatic heterocycles. The lowest BCUT2D eigenvalue weighted by molar-refractivity contribution is -0.121. The molecule has 5 heteroatoms. The first-order chi connectivity index (χ1) is 14.6. The summed E-state index contributed by atoms with van der Waals surface area (Å²) >= 11 is 0. The monoisotopic (exact) mass is 406 g/mol. The van der Waals surface area contributed by atoms with Gasteiger partial charge in [-0.25, -0.2) is 0 Å². The van der Waals surface area contributed by atoms with Gasteiger partial charge in [-0.05, 0) is 48.6 Å². The number of hydrogen-bond donors (Lipinski definition) is 1. The molecule has 0 saturated carbocycles. The first-order valence-electron chi connectivity index (χ1n) is 10.8. The third-order valence-electron chi connectivity index (χ3n) is 5.77. The molecule has 0 saturated heterocycles. The van der Waals surface area contributed by atoms with Crippen molar-refractivity contribution < 1.29 is 14.3 Å². The van der Waals surface area contributed by atoms with E-state index in [0.29, 0.717) is 18.9 Å². The van der Waals surface area contributed by atoms with Crippen molar-refractivity contribution in [1.82, 2.24) is 9.88 Å². The summed E-state index contributed by atoms with van der Waals surface area (Å²) in [6, 6.07) is 14.4. The zero-order valence-electron chi connectivity index (χ0n) is 18.0. The second-order valence-corrected chi connectivity index (χ2v) is 8.29. The molecule has 2 aromatic carbocycles.